The third-order valence-electron chi connectivity index (χ3n) is 3.91. The normalized spacial score (nSPS) is 10.8. The number of para-hydroxylation sites is 1. The quantitative estimate of drug-likeness (QED) is 0.543. The van der Waals surface area contributed by atoms with Gasteiger partial charge in [0.1, 0.15) is 5.82 Å². The summed E-state index contributed by atoms with van der Waals surface area (Å²) in [7, 11) is 0. The van der Waals surface area contributed by atoms with Crippen molar-refractivity contribution >= 4 is 45.8 Å². The number of hydrogen-bond acceptors (Lipinski definition) is 3. The second-order valence-electron chi connectivity index (χ2n) is 5.56. The predicted molar refractivity (Wildman–Crippen MR) is 103 cm³/mol. The molecule has 0 saturated heterocycles. The number of carbonyl (C=O) groups is 1. The van der Waals surface area contributed by atoms with E-state index >= 15 is 0 Å². The average molecular weight is 383 g/mol. The van der Waals surface area contributed by atoms with Gasteiger partial charge in [-0.25, -0.2) is 9.97 Å². The SMILES string of the molecule is O=C(Nc1cc(-n2ccnc2)c2ccccc2n1)c1c(Cl)cccc1Cl. The van der Waals surface area contributed by atoms with E-state index in [0.717, 1.165) is 16.6 Å². The van der Waals surface area contributed by atoms with Crippen LogP contribution in [0.4, 0.5) is 5.82 Å². The number of halogens is 2. The van der Waals surface area contributed by atoms with Gasteiger partial charge in [-0.1, -0.05) is 47.5 Å². The van der Waals surface area contributed by atoms with E-state index < -0.39 is 5.91 Å². The van der Waals surface area contributed by atoms with Crippen molar-refractivity contribution in [2.24, 2.45) is 0 Å². The number of rotatable bonds is 3. The smallest absolute Gasteiger partial charge is 0.259 e. The Morgan fingerprint density at radius 1 is 1.04 bits per heavy atom. The lowest BCUT2D eigenvalue weighted by Crippen LogP contribution is -2.14. The number of aromatic nitrogens is 3. The van der Waals surface area contributed by atoms with E-state index in [1.165, 1.54) is 0 Å². The van der Waals surface area contributed by atoms with Gasteiger partial charge in [-0.3, -0.25) is 4.79 Å². The number of amides is 1. The first kappa shape index (κ1) is 16.6. The summed E-state index contributed by atoms with van der Waals surface area (Å²) in [5.74, 6) is -0.0200. The van der Waals surface area contributed by atoms with Gasteiger partial charge in [0.05, 0.1) is 33.1 Å². The summed E-state index contributed by atoms with van der Waals surface area (Å²) in [6, 6.07) is 14.4. The van der Waals surface area contributed by atoms with E-state index in [9.17, 15) is 4.79 Å². The number of hydrogen-bond donors (Lipinski definition) is 1. The van der Waals surface area contributed by atoms with Gasteiger partial charge in [-0.15, -0.1) is 0 Å². The summed E-state index contributed by atoms with van der Waals surface area (Å²) < 4.78 is 1.86. The highest BCUT2D eigenvalue weighted by molar-refractivity contribution is 6.40. The first-order chi connectivity index (χ1) is 12.6. The van der Waals surface area contributed by atoms with Crippen molar-refractivity contribution < 1.29 is 4.79 Å². The van der Waals surface area contributed by atoms with Crippen LogP contribution in [0.1, 0.15) is 10.4 Å². The average Bonchev–Trinajstić information content (AvgIpc) is 3.15. The Hall–Kier alpha value is -2.89. The molecule has 4 rings (SSSR count). The van der Waals surface area contributed by atoms with Crippen molar-refractivity contribution in [2.75, 3.05) is 5.32 Å². The third-order valence-corrected chi connectivity index (χ3v) is 4.54. The minimum Gasteiger partial charge on any atom is -0.306 e. The van der Waals surface area contributed by atoms with E-state index in [4.69, 9.17) is 23.2 Å². The molecule has 7 heteroatoms. The number of pyridine rings is 1. The second-order valence-corrected chi connectivity index (χ2v) is 6.38. The Kier molecular flexibility index (Phi) is 4.32. The van der Waals surface area contributed by atoms with Gasteiger partial charge >= 0.3 is 0 Å². The van der Waals surface area contributed by atoms with Gasteiger partial charge in [0.25, 0.3) is 5.91 Å². The molecular weight excluding hydrogens is 371 g/mol. The zero-order valence-electron chi connectivity index (χ0n) is 13.4. The molecule has 0 bridgehead atoms. The molecule has 0 unspecified atom stereocenters. The molecule has 0 aliphatic carbocycles. The maximum absolute atomic E-state index is 12.7. The van der Waals surface area contributed by atoms with E-state index in [1.807, 2.05) is 35.0 Å². The van der Waals surface area contributed by atoms with Crippen LogP contribution >= 0.6 is 23.2 Å². The number of imidazole rings is 1. The van der Waals surface area contributed by atoms with Crippen molar-refractivity contribution in [3.05, 3.63) is 82.9 Å². The Bertz CT molecular complexity index is 1090. The maximum Gasteiger partial charge on any atom is 0.259 e. The van der Waals surface area contributed by atoms with Gasteiger partial charge in [0.2, 0.25) is 0 Å². The molecule has 0 saturated carbocycles. The van der Waals surface area contributed by atoms with Gasteiger partial charge in [0, 0.05) is 23.8 Å². The van der Waals surface area contributed by atoms with Crippen molar-refractivity contribution in [1.82, 2.24) is 14.5 Å². The van der Waals surface area contributed by atoms with E-state index in [2.05, 4.69) is 15.3 Å². The van der Waals surface area contributed by atoms with Crippen molar-refractivity contribution in [2.45, 2.75) is 0 Å². The molecule has 5 nitrogen and oxygen atoms in total. The lowest BCUT2D eigenvalue weighted by molar-refractivity contribution is 0.102. The Morgan fingerprint density at radius 2 is 1.81 bits per heavy atom. The molecule has 0 atom stereocenters. The highest BCUT2D eigenvalue weighted by Gasteiger charge is 2.16. The predicted octanol–water partition coefficient (Wildman–Crippen LogP) is 4.98. The molecule has 2 heterocycles. The molecule has 0 radical (unpaired) electrons. The standard InChI is InChI=1S/C19H12Cl2N4O/c20-13-5-3-6-14(21)18(13)19(26)24-17-10-16(25-9-8-22-11-25)12-4-1-2-7-15(12)23-17/h1-11H,(H,23,24,26). The number of nitrogens with one attached hydrogen (secondary N) is 1. The first-order valence-corrected chi connectivity index (χ1v) is 8.52. The molecule has 4 aromatic rings. The van der Waals surface area contributed by atoms with Crippen molar-refractivity contribution in [3.8, 4) is 5.69 Å². The largest absolute Gasteiger partial charge is 0.306 e. The van der Waals surface area contributed by atoms with Gasteiger partial charge in [-0.05, 0) is 18.2 Å². The van der Waals surface area contributed by atoms with Crippen LogP contribution in [0.5, 0.6) is 0 Å². The van der Waals surface area contributed by atoms with Crippen LogP contribution < -0.4 is 5.32 Å². The number of carbonyl (C=O) groups excluding carboxylic acids is 1. The van der Waals surface area contributed by atoms with E-state index in [0.29, 0.717) is 5.82 Å². The Balaban J connectivity index is 1.79. The molecule has 0 aliphatic heterocycles. The van der Waals surface area contributed by atoms with E-state index in [-0.39, 0.29) is 15.6 Å². The van der Waals surface area contributed by atoms with E-state index in [1.54, 1.807) is 36.8 Å². The molecule has 0 fully saturated rings. The van der Waals surface area contributed by atoms with Crippen molar-refractivity contribution in [3.63, 3.8) is 0 Å². The number of benzene rings is 2. The fraction of sp³-hybridized carbons (Fsp3) is 0. The van der Waals surface area contributed by atoms with Crippen LogP contribution in [0, 0.1) is 0 Å². The van der Waals surface area contributed by atoms with Crippen LogP contribution in [-0.2, 0) is 0 Å². The molecule has 1 N–H and O–H groups in total. The minimum absolute atomic E-state index is 0.218. The van der Waals surface area contributed by atoms with Crippen LogP contribution in [0.3, 0.4) is 0 Å². The number of fused-ring (bicyclic) bond motifs is 1. The lowest BCUT2D eigenvalue weighted by Gasteiger charge is -2.12. The number of nitrogens with zero attached hydrogens (tertiary/aromatic N) is 3. The van der Waals surface area contributed by atoms with Crippen LogP contribution in [-0.4, -0.2) is 20.4 Å². The topological polar surface area (TPSA) is 59.8 Å². The zero-order valence-corrected chi connectivity index (χ0v) is 14.9. The fourth-order valence-electron chi connectivity index (χ4n) is 2.73. The minimum atomic E-state index is -0.417. The molecule has 26 heavy (non-hydrogen) atoms. The van der Waals surface area contributed by atoms with Gasteiger partial charge in [-0.2, -0.15) is 0 Å². The molecule has 0 spiro atoms. The van der Waals surface area contributed by atoms with Crippen LogP contribution in [0.2, 0.25) is 10.0 Å². The molecule has 0 aliphatic rings. The van der Waals surface area contributed by atoms with Crippen LogP contribution in [0.25, 0.3) is 16.6 Å². The number of anilines is 1. The highest BCUT2D eigenvalue weighted by Crippen LogP contribution is 2.27. The lowest BCUT2D eigenvalue weighted by atomic mass is 10.1. The highest BCUT2D eigenvalue weighted by atomic mass is 35.5. The Morgan fingerprint density at radius 3 is 2.54 bits per heavy atom. The zero-order chi connectivity index (χ0) is 18.1. The maximum atomic E-state index is 12.7. The summed E-state index contributed by atoms with van der Waals surface area (Å²) in [6.07, 6.45) is 5.22. The second kappa shape index (κ2) is 6.78. The summed E-state index contributed by atoms with van der Waals surface area (Å²) in [5, 5.41) is 4.29. The molecular formula is C19H12Cl2N4O. The van der Waals surface area contributed by atoms with Gasteiger partial charge in [0.15, 0.2) is 0 Å². The molecule has 1 amide bonds. The summed E-state index contributed by atoms with van der Waals surface area (Å²) >= 11 is 12.2. The monoisotopic (exact) mass is 382 g/mol. The first-order valence-electron chi connectivity index (χ1n) is 7.77. The summed E-state index contributed by atoms with van der Waals surface area (Å²) in [5.41, 5.74) is 1.82. The molecule has 2 aromatic carbocycles. The van der Waals surface area contributed by atoms with Gasteiger partial charge < -0.3 is 9.88 Å². The van der Waals surface area contributed by atoms with Crippen LogP contribution in [0.15, 0.2) is 67.3 Å². The third kappa shape index (κ3) is 3.03. The summed E-state index contributed by atoms with van der Waals surface area (Å²) in [4.78, 5) is 21.3. The summed E-state index contributed by atoms with van der Waals surface area (Å²) in [6.45, 7) is 0. The molecule has 128 valence electrons. The molecule has 2 aromatic heterocycles. The fourth-order valence-corrected chi connectivity index (χ4v) is 3.30. The van der Waals surface area contributed by atoms with Crippen molar-refractivity contribution in [1.29, 1.82) is 0 Å². The Labute approximate surface area is 159 Å².